The van der Waals surface area contributed by atoms with Crippen LogP contribution >= 0.6 is 0 Å². The zero-order chi connectivity index (χ0) is 12.8. The summed E-state index contributed by atoms with van der Waals surface area (Å²) in [5, 5.41) is 3.39. The maximum Gasteiger partial charge on any atom is 0.146 e. The minimum absolute atomic E-state index is 0.141. The second kappa shape index (κ2) is 6.71. The monoisotopic (exact) mass is 251 g/mol. The number of nitrogens with zero attached hydrogens (tertiary/aromatic N) is 2. The van der Waals surface area contributed by atoms with Crippen LogP contribution in [0.2, 0.25) is 0 Å². The van der Waals surface area contributed by atoms with E-state index < -0.39 is 0 Å². The molecule has 4 heteroatoms. The molecule has 1 N–H and O–H groups in total. The van der Waals surface area contributed by atoms with E-state index in [2.05, 4.69) is 10.2 Å². The van der Waals surface area contributed by atoms with E-state index in [4.69, 9.17) is 0 Å². The molecular formula is C14H22FN3. The summed E-state index contributed by atoms with van der Waals surface area (Å²) >= 11 is 0. The predicted molar refractivity (Wildman–Crippen MR) is 73.6 cm³/mol. The lowest BCUT2D eigenvalue weighted by Crippen LogP contribution is -2.35. The molecule has 1 fully saturated rings. The van der Waals surface area contributed by atoms with Gasteiger partial charge in [0.15, 0.2) is 0 Å². The summed E-state index contributed by atoms with van der Waals surface area (Å²) in [7, 11) is 1.95. The molecule has 0 aromatic heterocycles. The van der Waals surface area contributed by atoms with Crippen LogP contribution in [0.3, 0.4) is 0 Å². The van der Waals surface area contributed by atoms with Gasteiger partial charge < -0.3 is 15.1 Å². The van der Waals surface area contributed by atoms with Gasteiger partial charge in [0.1, 0.15) is 5.82 Å². The van der Waals surface area contributed by atoms with Gasteiger partial charge in [-0.3, -0.25) is 0 Å². The maximum atomic E-state index is 13.6. The van der Waals surface area contributed by atoms with Crippen LogP contribution in [0.15, 0.2) is 24.3 Å². The van der Waals surface area contributed by atoms with Crippen LogP contribution in [0.1, 0.15) is 6.42 Å². The van der Waals surface area contributed by atoms with Gasteiger partial charge >= 0.3 is 0 Å². The van der Waals surface area contributed by atoms with Crippen molar-refractivity contribution in [2.75, 3.05) is 51.2 Å². The van der Waals surface area contributed by atoms with Crippen LogP contribution in [-0.2, 0) is 0 Å². The zero-order valence-electron chi connectivity index (χ0n) is 11.0. The first-order valence-electron chi connectivity index (χ1n) is 6.66. The quantitative estimate of drug-likeness (QED) is 0.876. The number of hydrogen-bond acceptors (Lipinski definition) is 3. The zero-order valence-corrected chi connectivity index (χ0v) is 11.0. The highest BCUT2D eigenvalue weighted by Gasteiger charge is 2.11. The molecule has 1 heterocycles. The Morgan fingerprint density at radius 1 is 1.28 bits per heavy atom. The van der Waals surface area contributed by atoms with E-state index in [9.17, 15) is 4.39 Å². The van der Waals surface area contributed by atoms with Gasteiger partial charge in [-0.2, -0.15) is 0 Å². The van der Waals surface area contributed by atoms with Crippen molar-refractivity contribution in [2.24, 2.45) is 0 Å². The third-order valence-corrected chi connectivity index (χ3v) is 3.45. The standard InChI is InChI=1S/C14H22FN3/c1-17(14-6-3-2-5-13(14)15)11-12-18-9-4-7-16-8-10-18/h2-3,5-6,16H,4,7-12H2,1H3. The lowest BCUT2D eigenvalue weighted by Gasteiger charge is -2.25. The first kappa shape index (κ1) is 13.3. The molecule has 0 radical (unpaired) electrons. The largest absolute Gasteiger partial charge is 0.371 e. The molecule has 1 aromatic carbocycles. The highest BCUT2D eigenvalue weighted by atomic mass is 19.1. The second-order valence-corrected chi connectivity index (χ2v) is 4.82. The van der Waals surface area contributed by atoms with Crippen molar-refractivity contribution in [1.82, 2.24) is 10.2 Å². The van der Waals surface area contributed by atoms with Gasteiger partial charge in [-0.05, 0) is 31.6 Å². The summed E-state index contributed by atoms with van der Waals surface area (Å²) < 4.78 is 13.6. The number of halogens is 1. The SMILES string of the molecule is CN(CCN1CCCNCC1)c1ccccc1F. The van der Waals surface area contributed by atoms with Crippen molar-refractivity contribution in [1.29, 1.82) is 0 Å². The third kappa shape index (κ3) is 3.68. The molecule has 0 amide bonds. The van der Waals surface area contributed by atoms with Gasteiger partial charge in [-0.25, -0.2) is 4.39 Å². The van der Waals surface area contributed by atoms with Crippen molar-refractivity contribution in [3.05, 3.63) is 30.1 Å². The number of anilines is 1. The van der Waals surface area contributed by atoms with Crippen molar-refractivity contribution in [2.45, 2.75) is 6.42 Å². The molecule has 0 bridgehead atoms. The molecule has 0 atom stereocenters. The van der Waals surface area contributed by atoms with E-state index in [0.29, 0.717) is 5.69 Å². The molecule has 100 valence electrons. The summed E-state index contributed by atoms with van der Waals surface area (Å²) in [5.41, 5.74) is 0.686. The van der Waals surface area contributed by atoms with Gasteiger partial charge in [0.25, 0.3) is 0 Å². The third-order valence-electron chi connectivity index (χ3n) is 3.45. The van der Waals surface area contributed by atoms with Crippen molar-refractivity contribution in [3.63, 3.8) is 0 Å². The van der Waals surface area contributed by atoms with Crippen LogP contribution < -0.4 is 10.2 Å². The highest BCUT2D eigenvalue weighted by Crippen LogP contribution is 2.16. The maximum absolute atomic E-state index is 13.6. The molecule has 0 aliphatic carbocycles. The van der Waals surface area contributed by atoms with Gasteiger partial charge in [-0.1, -0.05) is 12.1 Å². The van der Waals surface area contributed by atoms with E-state index in [1.54, 1.807) is 6.07 Å². The van der Waals surface area contributed by atoms with Crippen LogP contribution in [-0.4, -0.2) is 51.2 Å². The van der Waals surface area contributed by atoms with Gasteiger partial charge in [-0.15, -0.1) is 0 Å². The van der Waals surface area contributed by atoms with Crippen LogP contribution in [0, 0.1) is 5.82 Å². The normalized spacial score (nSPS) is 17.4. The Balaban J connectivity index is 1.84. The van der Waals surface area contributed by atoms with E-state index in [0.717, 1.165) is 39.3 Å². The van der Waals surface area contributed by atoms with E-state index in [1.807, 2.05) is 24.1 Å². The smallest absolute Gasteiger partial charge is 0.146 e. The fourth-order valence-electron chi connectivity index (χ4n) is 2.30. The fraction of sp³-hybridized carbons (Fsp3) is 0.571. The lowest BCUT2D eigenvalue weighted by molar-refractivity contribution is 0.299. The summed E-state index contributed by atoms with van der Waals surface area (Å²) in [5.74, 6) is -0.141. The average Bonchev–Trinajstić information content (AvgIpc) is 2.65. The Hall–Kier alpha value is -1.13. The Bertz CT molecular complexity index is 362. The summed E-state index contributed by atoms with van der Waals surface area (Å²) in [6, 6.07) is 6.96. The van der Waals surface area contributed by atoms with Gasteiger partial charge in [0.05, 0.1) is 5.69 Å². The van der Waals surface area contributed by atoms with E-state index in [-0.39, 0.29) is 5.82 Å². The molecule has 18 heavy (non-hydrogen) atoms. The second-order valence-electron chi connectivity index (χ2n) is 4.82. The molecule has 0 unspecified atom stereocenters. The van der Waals surface area contributed by atoms with Crippen molar-refractivity contribution in [3.8, 4) is 0 Å². The fourth-order valence-corrected chi connectivity index (χ4v) is 2.30. The molecule has 2 rings (SSSR count). The highest BCUT2D eigenvalue weighted by molar-refractivity contribution is 5.46. The van der Waals surface area contributed by atoms with Gasteiger partial charge in [0, 0.05) is 33.2 Å². The number of benzene rings is 1. The molecule has 0 spiro atoms. The minimum Gasteiger partial charge on any atom is -0.371 e. The number of hydrogen-bond donors (Lipinski definition) is 1. The van der Waals surface area contributed by atoms with E-state index in [1.165, 1.54) is 12.5 Å². The Labute approximate surface area is 109 Å². The number of likely N-dealkylation sites (N-methyl/N-ethyl adjacent to an activating group) is 1. The molecule has 0 saturated carbocycles. The summed E-state index contributed by atoms with van der Waals surface area (Å²) in [4.78, 5) is 4.44. The Kier molecular flexibility index (Phi) is 4.96. The summed E-state index contributed by atoms with van der Waals surface area (Å²) in [6.45, 7) is 6.25. The van der Waals surface area contributed by atoms with Gasteiger partial charge in [0.2, 0.25) is 0 Å². The van der Waals surface area contributed by atoms with Crippen molar-refractivity contribution >= 4 is 5.69 Å². The predicted octanol–water partition coefficient (Wildman–Crippen LogP) is 1.56. The van der Waals surface area contributed by atoms with Crippen LogP contribution in [0.4, 0.5) is 10.1 Å². The number of rotatable bonds is 4. The average molecular weight is 251 g/mol. The lowest BCUT2D eigenvalue weighted by atomic mass is 10.3. The first-order valence-corrected chi connectivity index (χ1v) is 6.66. The minimum atomic E-state index is -0.141. The van der Waals surface area contributed by atoms with Crippen molar-refractivity contribution < 1.29 is 4.39 Å². The summed E-state index contributed by atoms with van der Waals surface area (Å²) in [6.07, 6.45) is 1.20. The number of para-hydroxylation sites is 1. The molecule has 3 nitrogen and oxygen atoms in total. The molecule has 1 aromatic rings. The first-order chi connectivity index (χ1) is 8.77. The van der Waals surface area contributed by atoms with Crippen LogP contribution in [0.5, 0.6) is 0 Å². The van der Waals surface area contributed by atoms with E-state index >= 15 is 0 Å². The Morgan fingerprint density at radius 2 is 2.11 bits per heavy atom. The molecule has 1 aliphatic heterocycles. The number of nitrogens with one attached hydrogen (secondary N) is 1. The van der Waals surface area contributed by atoms with Crippen LogP contribution in [0.25, 0.3) is 0 Å². The Morgan fingerprint density at radius 3 is 2.94 bits per heavy atom. The topological polar surface area (TPSA) is 18.5 Å². The molecule has 1 aliphatic rings. The molecule has 1 saturated heterocycles. The molecular weight excluding hydrogens is 229 g/mol.